The average Bonchev–Trinajstić information content (AvgIpc) is 2.39. The van der Waals surface area contributed by atoms with E-state index in [1.165, 1.54) is 6.42 Å². The van der Waals surface area contributed by atoms with Crippen LogP contribution < -0.4 is 10.2 Å². The number of aromatic nitrogens is 1. The van der Waals surface area contributed by atoms with E-state index in [0.29, 0.717) is 23.8 Å². The van der Waals surface area contributed by atoms with Crippen molar-refractivity contribution >= 4 is 5.82 Å². The van der Waals surface area contributed by atoms with Crippen molar-refractivity contribution in [1.82, 2.24) is 10.3 Å². The number of hydrogen-bond donors (Lipinski definition) is 1. The molecule has 1 N–H and O–H groups in total. The van der Waals surface area contributed by atoms with Crippen molar-refractivity contribution in [3.8, 4) is 0 Å². The lowest BCUT2D eigenvalue weighted by Gasteiger charge is -2.38. The second-order valence-electron chi connectivity index (χ2n) is 7.32. The van der Waals surface area contributed by atoms with Gasteiger partial charge in [-0.3, -0.25) is 0 Å². The van der Waals surface area contributed by atoms with Gasteiger partial charge in [0.15, 0.2) is 11.6 Å². The van der Waals surface area contributed by atoms with Crippen molar-refractivity contribution in [1.29, 1.82) is 0 Å². The lowest BCUT2D eigenvalue weighted by molar-refractivity contribution is 0.290. The summed E-state index contributed by atoms with van der Waals surface area (Å²) in [6, 6.07) is 1.78. The molecule has 1 aromatic heterocycles. The fourth-order valence-corrected chi connectivity index (χ4v) is 2.93. The van der Waals surface area contributed by atoms with E-state index in [0.717, 1.165) is 26.1 Å². The van der Waals surface area contributed by atoms with Crippen molar-refractivity contribution in [3.05, 3.63) is 23.6 Å². The van der Waals surface area contributed by atoms with Crippen LogP contribution in [0.5, 0.6) is 0 Å². The summed E-state index contributed by atoms with van der Waals surface area (Å²) >= 11 is 0. The molecular weight excluding hydrogens is 265 g/mol. The number of halogens is 1. The quantitative estimate of drug-likeness (QED) is 0.899. The van der Waals surface area contributed by atoms with Crippen molar-refractivity contribution in [3.63, 3.8) is 0 Å². The summed E-state index contributed by atoms with van der Waals surface area (Å²) < 4.78 is 14.7. The van der Waals surface area contributed by atoms with Crippen molar-refractivity contribution < 1.29 is 4.39 Å². The first-order valence-corrected chi connectivity index (χ1v) is 7.98. The minimum atomic E-state index is -0.161. The molecule has 1 aliphatic rings. The van der Waals surface area contributed by atoms with Crippen molar-refractivity contribution in [2.24, 2.45) is 11.3 Å². The maximum absolute atomic E-state index is 14.7. The van der Waals surface area contributed by atoms with E-state index >= 15 is 0 Å². The molecule has 0 unspecified atom stereocenters. The van der Waals surface area contributed by atoms with Gasteiger partial charge in [-0.15, -0.1) is 0 Å². The molecule has 0 spiro atoms. The van der Waals surface area contributed by atoms with Gasteiger partial charge in [-0.25, -0.2) is 9.37 Å². The zero-order chi connectivity index (χ0) is 15.5. The predicted octanol–water partition coefficient (Wildman–Crippen LogP) is 3.59. The third-order valence-electron chi connectivity index (χ3n) is 4.02. The van der Waals surface area contributed by atoms with Crippen LogP contribution in [-0.2, 0) is 6.54 Å². The molecule has 1 saturated heterocycles. The Morgan fingerprint density at radius 2 is 2.19 bits per heavy atom. The Morgan fingerprint density at radius 3 is 2.86 bits per heavy atom. The van der Waals surface area contributed by atoms with Gasteiger partial charge in [-0.2, -0.15) is 0 Å². The normalized spacial score (nSPS) is 18.3. The SMILES string of the molecule is CC(C)CNCc1ccnc(N2CCCC(C)(C)C2)c1F. The molecule has 1 aliphatic heterocycles. The van der Waals surface area contributed by atoms with E-state index in [9.17, 15) is 4.39 Å². The second-order valence-corrected chi connectivity index (χ2v) is 7.32. The summed E-state index contributed by atoms with van der Waals surface area (Å²) in [5, 5.41) is 3.30. The first-order valence-electron chi connectivity index (χ1n) is 7.98. The van der Waals surface area contributed by atoms with Crippen LogP contribution in [0.1, 0.15) is 46.1 Å². The number of pyridine rings is 1. The largest absolute Gasteiger partial charge is 0.354 e. The van der Waals surface area contributed by atoms with Gasteiger partial charge >= 0.3 is 0 Å². The maximum atomic E-state index is 14.7. The van der Waals surface area contributed by atoms with Gasteiger partial charge in [-0.1, -0.05) is 27.7 Å². The van der Waals surface area contributed by atoms with Crippen molar-refractivity contribution in [2.75, 3.05) is 24.5 Å². The van der Waals surface area contributed by atoms with E-state index in [1.807, 2.05) is 0 Å². The van der Waals surface area contributed by atoms with E-state index in [-0.39, 0.29) is 11.2 Å². The van der Waals surface area contributed by atoms with E-state index in [4.69, 9.17) is 0 Å². The number of nitrogens with zero attached hydrogens (tertiary/aromatic N) is 2. The Labute approximate surface area is 127 Å². The molecule has 0 aromatic carbocycles. The second kappa shape index (κ2) is 6.73. The minimum Gasteiger partial charge on any atom is -0.354 e. The Bertz CT molecular complexity index is 471. The lowest BCUT2D eigenvalue weighted by Crippen LogP contribution is -2.41. The summed E-state index contributed by atoms with van der Waals surface area (Å²) in [4.78, 5) is 6.40. The number of piperidine rings is 1. The molecule has 2 rings (SSSR count). The molecule has 118 valence electrons. The molecule has 21 heavy (non-hydrogen) atoms. The predicted molar refractivity (Wildman–Crippen MR) is 86.0 cm³/mol. The van der Waals surface area contributed by atoms with Gasteiger partial charge < -0.3 is 10.2 Å². The summed E-state index contributed by atoms with van der Waals surface area (Å²) in [7, 11) is 0. The molecule has 2 heterocycles. The lowest BCUT2D eigenvalue weighted by atomic mass is 9.84. The highest BCUT2D eigenvalue weighted by Gasteiger charge is 2.28. The zero-order valence-corrected chi connectivity index (χ0v) is 13.7. The Hall–Kier alpha value is -1.16. The van der Waals surface area contributed by atoms with Crippen LogP contribution in [0, 0.1) is 17.2 Å². The van der Waals surface area contributed by atoms with Crippen LogP contribution in [0.25, 0.3) is 0 Å². The number of rotatable bonds is 5. The summed E-state index contributed by atoms with van der Waals surface area (Å²) in [5.41, 5.74) is 0.946. The summed E-state index contributed by atoms with van der Waals surface area (Å²) in [6.45, 7) is 12.0. The molecule has 3 nitrogen and oxygen atoms in total. The highest BCUT2D eigenvalue weighted by molar-refractivity contribution is 5.43. The third-order valence-corrected chi connectivity index (χ3v) is 4.02. The molecule has 0 bridgehead atoms. The molecule has 0 aliphatic carbocycles. The highest BCUT2D eigenvalue weighted by Crippen LogP contribution is 2.32. The number of anilines is 1. The van der Waals surface area contributed by atoms with Crippen LogP contribution in [0.3, 0.4) is 0 Å². The maximum Gasteiger partial charge on any atom is 0.170 e. The van der Waals surface area contributed by atoms with E-state index in [1.54, 1.807) is 12.3 Å². The molecule has 0 saturated carbocycles. The molecular formula is C17H28FN3. The zero-order valence-electron chi connectivity index (χ0n) is 13.7. The van der Waals surface area contributed by atoms with Gasteiger partial charge in [0.05, 0.1) is 0 Å². The monoisotopic (exact) mass is 293 g/mol. The van der Waals surface area contributed by atoms with Crippen molar-refractivity contribution in [2.45, 2.75) is 47.1 Å². The fourth-order valence-electron chi connectivity index (χ4n) is 2.93. The first-order chi connectivity index (χ1) is 9.89. The molecule has 0 radical (unpaired) electrons. The molecule has 1 aromatic rings. The molecule has 4 heteroatoms. The number of hydrogen-bond acceptors (Lipinski definition) is 3. The fraction of sp³-hybridized carbons (Fsp3) is 0.706. The number of nitrogens with one attached hydrogen (secondary N) is 1. The third kappa shape index (κ3) is 4.40. The van der Waals surface area contributed by atoms with Crippen LogP contribution in [0.4, 0.5) is 10.2 Å². The van der Waals surface area contributed by atoms with E-state index < -0.39 is 0 Å². The molecule has 1 fully saturated rings. The van der Waals surface area contributed by atoms with Gasteiger partial charge in [0, 0.05) is 31.4 Å². The standard InChI is InChI=1S/C17H28FN3/c1-13(2)10-19-11-14-6-8-20-16(15(14)18)21-9-5-7-17(3,4)12-21/h6,8,13,19H,5,7,9-12H2,1-4H3. The summed E-state index contributed by atoms with van der Waals surface area (Å²) in [6.07, 6.45) is 4.02. The molecule has 0 amide bonds. The molecule has 0 atom stereocenters. The van der Waals surface area contributed by atoms with Crippen LogP contribution in [0.15, 0.2) is 12.3 Å². The van der Waals surface area contributed by atoms with E-state index in [2.05, 4.69) is 42.9 Å². The Balaban J connectivity index is 2.10. The van der Waals surface area contributed by atoms with Gasteiger partial charge in [0.2, 0.25) is 0 Å². The topological polar surface area (TPSA) is 28.2 Å². The minimum absolute atomic E-state index is 0.161. The summed E-state index contributed by atoms with van der Waals surface area (Å²) in [5.74, 6) is 0.926. The smallest absolute Gasteiger partial charge is 0.170 e. The van der Waals surface area contributed by atoms with Crippen LogP contribution in [0.2, 0.25) is 0 Å². The van der Waals surface area contributed by atoms with Crippen LogP contribution >= 0.6 is 0 Å². The average molecular weight is 293 g/mol. The first kappa shape index (κ1) is 16.2. The Kier molecular flexibility index (Phi) is 5.20. The van der Waals surface area contributed by atoms with Gasteiger partial charge in [-0.05, 0) is 36.8 Å². The van der Waals surface area contributed by atoms with Crippen LogP contribution in [-0.4, -0.2) is 24.6 Å². The highest BCUT2D eigenvalue weighted by atomic mass is 19.1. The Morgan fingerprint density at radius 1 is 1.43 bits per heavy atom. The van der Waals surface area contributed by atoms with Gasteiger partial charge in [0.25, 0.3) is 0 Å². The van der Waals surface area contributed by atoms with Gasteiger partial charge in [0.1, 0.15) is 0 Å².